The first-order chi connectivity index (χ1) is 10.1. The largest absolute Gasteiger partial charge is 0.502 e. The van der Waals surface area contributed by atoms with E-state index in [-0.39, 0.29) is 5.76 Å². The summed E-state index contributed by atoms with van der Waals surface area (Å²) >= 11 is 0. The van der Waals surface area contributed by atoms with Gasteiger partial charge in [0.25, 0.3) is 5.91 Å². The van der Waals surface area contributed by atoms with Crippen molar-refractivity contribution in [2.24, 2.45) is 0 Å². The molecule has 1 aliphatic heterocycles. The molecule has 5 nitrogen and oxygen atoms in total. The number of benzene rings is 1. The fourth-order valence-electron chi connectivity index (χ4n) is 2.35. The van der Waals surface area contributed by atoms with Gasteiger partial charge in [-0.2, -0.15) is 0 Å². The summed E-state index contributed by atoms with van der Waals surface area (Å²) in [6.45, 7) is 2.23. The molecule has 0 aliphatic carbocycles. The monoisotopic (exact) mass is 284 g/mol. The highest BCUT2D eigenvalue weighted by molar-refractivity contribution is 5.91. The van der Waals surface area contributed by atoms with E-state index in [0.29, 0.717) is 12.3 Å². The molecular weight excluding hydrogens is 268 g/mol. The molecule has 1 aromatic heterocycles. The van der Waals surface area contributed by atoms with Gasteiger partial charge in [0.2, 0.25) is 0 Å². The summed E-state index contributed by atoms with van der Waals surface area (Å²) in [7, 11) is 0. The third-order valence-electron chi connectivity index (χ3n) is 3.40. The summed E-state index contributed by atoms with van der Waals surface area (Å²) in [5.41, 5.74) is 0.982. The Labute approximate surface area is 122 Å². The molecule has 0 spiro atoms. The van der Waals surface area contributed by atoms with Crippen molar-refractivity contribution in [1.29, 1.82) is 0 Å². The lowest BCUT2D eigenvalue weighted by molar-refractivity contribution is -0.135. The van der Waals surface area contributed by atoms with E-state index in [1.165, 1.54) is 6.20 Å². The van der Waals surface area contributed by atoms with Crippen LogP contribution in [0.3, 0.4) is 0 Å². The predicted molar refractivity (Wildman–Crippen MR) is 77.0 cm³/mol. The summed E-state index contributed by atoms with van der Waals surface area (Å²) in [5.74, 6) is 0.695. The van der Waals surface area contributed by atoms with Crippen molar-refractivity contribution in [2.75, 3.05) is 0 Å². The lowest BCUT2D eigenvalue weighted by Gasteiger charge is -2.33. The van der Waals surface area contributed by atoms with Crippen molar-refractivity contribution in [3.63, 3.8) is 0 Å². The van der Waals surface area contributed by atoms with Gasteiger partial charge in [0.15, 0.2) is 11.9 Å². The molecule has 3 rings (SSSR count). The van der Waals surface area contributed by atoms with Crippen molar-refractivity contribution in [2.45, 2.75) is 19.6 Å². The summed E-state index contributed by atoms with van der Waals surface area (Å²) in [5, 5.41) is 12.7. The van der Waals surface area contributed by atoms with Gasteiger partial charge in [0.1, 0.15) is 11.5 Å². The van der Waals surface area contributed by atoms with Gasteiger partial charge in [0.05, 0.1) is 0 Å². The number of nitrogens with one attached hydrogen (secondary N) is 1. The maximum absolute atomic E-state index is 12.2. The number of carbonyl (C=O) groups excluding carboxylic acids is 1. The minimum atomic E-state index is -0.428. The lowest BCUT2D eigenvalue weighted by atomic mass is 10.1. The summed E-state index contributed by atoms with van der Waals surface area (Å²) in [6, 6.07) is 13.3. The van der Waals surface area contributed by atoms with Gasteiger partial charge >= 0.3 is 0 Å². The molecule has 5 heteroatoms. The SMILES string of the molecule is Cc1ccc(C2NC=C(O)C(=O)N2Cc2ccccc2)o1. The molecule has 21 heavy (non-hydrogen) atoms. The first-order valence-electron chi connectivity index (χ1n) is 6.71. The van der Waals surface area contributed by atoms with Crippen LogP contribution >= 0.6 is 0 Å². The molecule has 1 amide bonds. The number of hydrogen-bond donors (Lipinski definition) is 2. The van der Waals surface area contributed by atoms with E-state index in [0.717, 1.165) is 11.3 Å². The quantitative estimate of drug-likeness (QED) is 0.909. The average molecular weight is 284 g/mol. The average Bonchev–Trinajstić information content (AvgIpc) is 2.92. The van der Waals surface area contributed by atoms with Crippen LogP contribution < -0.4 is 5.32 Å². The molecule has 108 valence electrons. The highest BCUT2D eigenvalue weighted by atomic mass is 16.3. The molecule has 1 aromatic carbocycles. The standard InChI is InChI=1S/C16H16N2O3/c1-11-7-8-14(21-11)15-17-9-13(19)16(20)18(15)10-12-5-3-2-4-6-12/h2-9,15,17,19H,10H2,1H3. The van der Waals surface area contributed by atoms with Crippen LogP contribution in [0.25, 0.3) is 0 Å². The van der Waals surface area contributed by atoms with E-state index in [4.69, 9.17) is 4.42 Å². The third kappa shape index (κ3) is 2.63. The molecule has 2 aromatic rings. The summed E-state index contributed by atoms with van der Waals surface area (Å²) in [4.78, 5) is 13.8. The van der Waals surface area contributed by atoms with E-state index in [1.54, 1.807) is 4.90 Å². The number of amides is 1. The molecule has 2 N–H and O–H groups in total. The van der Waals surface area contributed by atoms with Crippen molar-refractivity contribution < 1.29 is 14.3 Å². The lowest BCUT2D eigenvalue weighted by Crippen LogP contribution is -2.44. The smallest absolute Gasteiger partial charge is 0.292 e. The van der Waals surface area contributed by atoms with Gasteiger partial charge in [0, 0.05) is 12.7 Å². The second-order valence-corrected chi connectivity index (χ2v) is 4.97. The van der Waals surface area contributed by atoms with Crippen LogP contribution in [0.15, 0.2) is 58.8 Å². The first kappa shape index (κ1) is 13.3. The zero-order valence-electron chi connectivity index (χ0n) is 11.6. The zero-order valence-corrected chi connectivity index (χ0v) is 11.6. The number of aliphatic hydroxyl groups is 1. The van der Waals surface area contributed by atoms with Gasteiger partial charge in [-0.3, -0.25) is 4.79 Å². The Balaban J connectivity index is 1.92. The molecule has 0 saturated carbocycles. The van der Waals surface area contributed by atoms with Gasteiger partial charge in [-0.15, -0.1) is 0 Å². The van der Waals surface area contributed by atoms with E-state index in [1.807, 2.05) is 49.4 Å². The topological polar surface area (TPSA) is 65.7 Å². The number of furan rings is 1. The van der Waals surface area contributed by atoms with E-state index in [9.17, 15) is 9.90 Å². The van der Waals surface area contributed by atoms with Crippen LogP contribution in [-0.4, -0.2) is 15.9 Å². The fraction of sp³-hybridized carbons (Fsp3) is 0.188. The molecule has 0 bridgehead atoms. The Morgan fingerprint density at radius 3 is 2.67 bits per heavy atom. The highest BCUT2D eigenvalue weighted by Gasteiger charge is 2.32. The minimum Gasteiger partial charge on any atom is -0.502 e. The van der Waals surface area contributed by atoms with Gasteiger partial charge in [-0.05, 0) is 24.6 Å². The van der Waals surface area contributed by atoms with Gasteiger partial charge in [-0.1, -0.05) is 30.3 Å². The van der Waals surface area contributed by atoms with Crippen molar-refractivity contribution in [1.82, 2.24) is 10.2 Å². The van der Waals surface area contributed by atoms with E-state index >= 15 is 0 Å². The number of carbonyl (C=O) groups is 1. The third-order valence-corrected chi connectivity index (χ3v) is 3.40. The minimum absolute atomic E-state index is 0.301. The number of aliphatic hydroxyl groups excluding tert-OH is 1. The van der Waals surface area contributed by atoms with Crippen molar-refractivity contribution >= 4 is 5.91 Å². The highest BCUT2D eigenvalue weighted by Crippen LogP contribution is 2.26. The molecule has 0 fully saturated rings. The van der Waals surface area contributed by atoms with Gasteiger partial charge in [-0.25, -0.2) is 0 Å². The number of nitrogens with zero attached hydrogens (tertiary/aromatic N) is 1. The molecule has 1 unspecified atom stereocenters. The van der Waals surface area contributed by atoms with E-state index < -0.39 is 12.1 Å². The molecule has 1 aliphatic rings. The normalized spacial score (nSPS) is 18.3. The summed E-state index contributed by atoms with van der Waals surface area (Å²) < 4.78 is 5.61. The van der Waals surface area contributed by atoms with Crippen LogP contribution in [0, 0.1) is 6.92 Å². The first-order valence-corrected chi connectivity index (χ1v) is 6.71. The molecule has 1 atom stereocenters. The van der Waals surface area contributed by atoms with Crippen LogP contribution in [0.5, 0.6) is 0 Å². The van der Waals surface area contributed by atoms with Crippen LogP contribution in [0.2, 0.25) is 0 Å². The Morgan fingerprint density at radius 1 is 1.24 bits per heavy atom. The Bertz CT molecular complexity index is 676. The summed E-state index contributed by atoms with van der Waals surface area (Å²) in [6.07, 6.45) is 0.883. The van der Waals surface area contributed by atoms with Crippen molar-refractivity contribution in [3.8, 4) is 0 Å². The second-order valence-electron chi connectivity index (χ2n) is 4.97. The molecular formula is C16H16N2O3. The molecule has 0 saturated heterocycles. The second kappa shape index (κ2) is 5.36. The molecule has 0 radical (unpaired) electrons. The molecule has 2 heterocycles. The number of aryl methyl sites for hydroxylation is 1. The fourth-order valence-corrected chi connectivity index (χ4v) is 2.35. The maximum atomic E-state index is 12.2. The van der Waals surface area contributed by atoms with Crippen molar-refractivity contribution in [3.05, 3.63) is 71.5 Å². The van der Waals surface area contributed by atoms with Crippen LogP contribution in [0.4, 0.5) is 0 Å². The Kier molecular flexibility index (Phi) is 3.39. The van der Waals surface area contributed by atoms with Crippen LogP contribution in [0.1, 0.15) is 23.2 Å². The van der Waals surface area contributed by atoms with E-state index in [2.05, 4.69) is 5.32 Å². The Morgan fingerprint density at radius 2 is 2.00 bits per heavy atom. The zero-order chi connectivity index (χ0) is 14.8. The van der Waals surface area contributed by atoms with Crippen LogP contribution in [-0.2, 0) is 11.3 Å². The maximum Gasteiger partial charge on any atom is 0.292 e. The Hall–Kier alpha value is -2.69. The number of rotatable bonds is 3. The number of hydrogen-bond acceptors (Lipinski definition) is 4. The van der Waals surface area contributed by atoms with Gasteiger partial charge < -0.3 is 19.7 Å². The predicted octanol–water partition coefficient (Wildman–Crippen LogP) is 2.62.